The number of hydrogen-bond donors (Lipinski definition) is 0. The van der Waals surface area contributed by atoms with Gasteiger partial charge in [-0.3, -0.25) is 9.59 Å². The Morgan fingerprint density at radius 1 is 1.23 bits per heavy atom. The van der Waals surface area contributed by atoms with Crippen molar-refractivity contribution < 1.29 is 19.1 Å². The lowest BCUT2D eigenvalue weighted by Crippen LogP contribution is -2.43. The second-order valence-electron chi connectivity index (χ2n) is 5.02. The molecular formula is C16H22BrNO4. The third kappa shape index (κ3) is 5.33. The van der Waals surface area contributed by atoms with Gasteiger partial charge in [-0.25, -0.2) is 0 Å². The molecule has 22 heavy (non-hydrogen) atoms. The summed E-state index contributed by atoms with van der Waals surface area (Å²) in [5, 5.41) is 0. The van der Waals surface area contributed by atoms with Gasteiger partial charge in [0.05, 0.1) is 13.0 Å². The number of carbonyl (C=O) groups is 2. The number of halogens is 1. The van der Waals surface area contributed by atoms with E-state index >= 15 is 0 Å². The number of carbonyl (C=O) groups excluding carboxylic acids is 2. The largest absolute Gasteiger partial charge is 0.481 e. The van der Waals surface area contributed by atoms with Crippen LogP contribution in [0.15, 0.2) is 28.7 Å². The Morgan fingerprint density at radius 3 is 2.32 bits per heavy atom. The Kier molecular flexibility index (Phi) is 7.38. The molecule has 0 heterocycles. The normalized spacial score (nSPS) is 13.1. The van der Waals surface area contributed by atoms with E-state index in [2.05, 4.69) is 15.9 Å². The van der Waals surface area contributed by atoms with Crippen molar-refractivity contribution in [1.82, 2.24) is 4.90 Å². The predicted octanol–water partition coefficient (Wildman–Crippen LogP) is 2.87. The van der Waals surface area contributed by atoms with Crippen LogP contribution in [0.3, 0.4) is 0 Å². The molecule has 0 saturated carbocycles. The Hall–Kier alpha value is -1.56. The third-order valence-electron chi connectivity index (χ3n) is 3.27. The molecule has 1 aromatic rings. The predicted molar refractivity (Wildman–Crippen MR) is 87.7 cm³/mol. The molecule has 0 spiro atoms. The maximum absolute atomic E-state index is 12.4. The van der Waals surface area contributed by atoms with Crippen LogP contribution in [0.1, 0.15) is 20.8 Å². The molecule has 0 radical (unpaired) electrons. The van der Waals surface area contributed by atoms with E-state index in [1.165, 1.54) is 7.11 Å². The fourth-order valence-electron chi connectivity index (χ4n) is 2.01. The van der Waals surface area contributed by atoms with E-state index in [0.717, 1.165) is 4.47 Å². The minimum absolute atomic E-state index is 0.152. The molecule has 0 aliphatic heterocycles. The number of nitrogens with zero attached hydrogens (tertiary/aromatic N) is 1. The van der Waals surface area contributed by atoms with Crippen molar-refractivity contribution in [3.63, 3.8) is 0 Å². The highest BCUT2D eigenvalue weighted by Gasteiger charge is 2.25. The third-order valence-corrected chi connectivity index (χ3v) is 3.79. The SMILES string of the molecule is CCN(CC(C)C(=O)OC)C(=O)C(C)Oc1ccc(Br)cc1. The summed E-state index contributed by atoms with van der Waals surface area (Å²) in [5.74, 6) is -0.219. The number of methoxy groups -OCH3 is 1. The molecule has 1 amide bonds. The van der Waals surface area contributed by atoms with Crippen LogP contribution in [-0.2, 0) is 14.3 Å². The van der Waals surface area contributed by atoms with Crippen LogP contribution in [0.25, 0.3) is 0 Å². The number of rotatable bonds is 7. The second kappa shape index (κ2) is 8.78. The molecule has 0 aromatic heterocycles. The summed E-state index contributed by atoms with van der Waals surface area (Å²) in [6.45, 7) is 6.14. The van der Waals surface area contributed by atoms with Crippen molar-refractivity contribution in [2.24, 2.45) is 5.92 Å². The van der Waals surface area contributed by atoms with Gasteiger partial charge in [0.15, 0.2) is 6.10 Å². The molecule has 0 saturated heterocycles. The summed E-state index contributed by atoms with van der Waals surface area (Å²) < 4.78 is 11.3. The standard InChI is InChI=1S/C16H22BrNO4/c1-5-18(10-11(2)16(20)21-4)15(19)12(3)22-14-8-6-13(17)7-9-14/h6-9,11-12H,5,10H2,1-4H3. The zero-order chi connectivity index (χ0) is 16.7. The lowest BCUT2D eigenvalue weighted by Gasteiger charge is -2.26. The van der Waals surface area contributed by atoms with Crippen molar-refractivity contribution in [3.8, 4) is 5.75 Å². The minimum atomic E-state index is -0.619. The molecule has 1 aromatic carbocycles. The van der Waals surface area contributed by atoms with E-state index in [1.807, 2.05) is 19.1 Å². The lowest BCUT2D eigenvalue weighted by atomic mass is 10.1. The number of benzene rings is 1. The van der Waals surface area contributed by atoms with E-state index in [4.69, 9.17) is 9.47 Å². The summed E-state index contributed by atoms with van der Waals surface area (Å²) >= 11 is 3.35. The molecule has 0 N–H and O–H groups in total. The molecule has 2 atom stereocenters. The molecular weight excluding hydrogens is 350 g/mol. The van der Waals surface area contributed by atoms with Crippen LogP contribution in [-0.4, -0.2) is 43.1 Å². The van der Waals surface area contributed by atoms with Crippen LogP contribution in [0, 0.1) is 5.92 Å². The van der Waals surface area contributed by atoms with Gasteiger partial charge in [-0.1, -0.05) is 22.9 Å². The highest BCUT2D eigenvalue weighted by molar-refractivity contribution is 9.10. The van der Waals surface area contributed by atoms with Crippen LogP contribution in [0.5, 0.6) is 5.75 Å². The summed E-state index contributed by atoms with van der Waals surface area (Å²) in [7, 11) is 1.34. The molecule has 6 heteroatoms. The first-order valence-corrected chi connectivity index (χ1v) is 7.97. The zero-order valence-corrected chi connectivity index (χ0v) is 14.9. The molecule has 0 fully saturated rings. The Morgan fingerprint density at radius 2 is 1.82 bits per heavy atom. The van der Waals surface area contributed by atoms with Crippen molar-refractivity contribution in [2.45, 2.75) is 26.9 Å². The van der Waals surface area contributed by atoms with Crippen molar-refractivity contribution in [2.75, 3.05) is 20.2 Å². The zero-order valence-electron chi connectivity index (χ0n) is 13.3. The number of esters is 1. The number of hydrogen-bond acceptors (Lipinski definition) is 4. The van der Waals surface area contributed by atoms with Gasteiger partial charge in [-0.2, -0.15) is 0 Å². The van der Waals surface area contributed by atoms with Gasteiger partial charge >= 0.3 is 5.97 Å². The first-order chi connectivity index (χ1) is 10.4. The highest BCUT2D eigenvalue weighted by Crippen LogP contribution is 2.18. The first-order valence-electron chi connectivity index (χ1n) is 7.17. The van der Waals surface area contributed by atoms with Gasteiger partial charge < -0.3 is 14.4 Å². The summed E-state index contributed by atoms with van der Waals surface area (Å²) in [5.41, 5.74) is 0. The van der Waals surface area contributed by atoms with Crippen molar-refractivity contribution in [1.29, 1.82) is 0 Å². The van der Waals surface area contributed by atoms with E-state index in [1.54, 1.807) is 30.9 Å². The summed E-state index contributed by atoms with van der Waals surface area (Å²) in [6.07, 6.45) is -0.619. The van der Waals surface area contributed by atoms with Gasteiger partial charge in [-0.15, -0.1) is 0 Å². The van der Waals surface area contributed by atoms with E-state index < -0.39 is 6.10 Å². The molecule has 1 rings (SSSR count). The number of amides is 1. The topological polar surface area (TPSA) is 55.8 Å². The Balaban J connectivity index is 2.66. The first kappa shape index (κ1) is 18.5. The van der Waals surface area contributed by atoms with E-state index in [-0.39, 0.29) is 17.8 Å². The number of likely N-dealkylation sites (N-methyl/N-ethyl adjacent to an activating group) is 1. The van der Waals surface area contributed by atoms with Gasteiger partial charge in [0.2, 0.25) is 0 Å². The molecule has 5 nitrogen and oxygen atoms in total. The second-order valence-corrected chi connectivity index (χ2v) is 5.93. The number of ether oxygens (including phenoxy) is 2. The molecule has 0 aliphatic rings. The summed E-state index contributed by atoms with van der Waals surface area (Å²) in [6, 6.07) is 7.29. The van der Waals surface area contributed by atoms with Crippen LogP contribution >= 0.6 is 15.9 Å². The van der Waals surface area contributed by atoms with Crippen molar-refractivity contribution in [3.05, 3.63) is 28.7 Å². The van der Waals surface area contributed by atoms with Gasteiger partial charge in [-0.05, 0) is 38.1 Å². The van der Waals surface area contributed by atoms with Gasteiger partial charge in [0.25, 0.3) is 5.91 Å². The van der Waals surface area contributed by atoms with E-state index in [9.17, 15) is 9.59 Å². The summed E-state index contributed by atoms with van der Waals surface area (Å²) in [4.78, 5) is 25.5. The maximum Gasteiger partial charge on any atom is 0.310 e. The molecule has 0 aliphatic carbocycles. The molecule has 2 unspecified atom stereocenters. The highest BCUT2D eigenvalue weighted by atomic mass is 79.9. The average molecular weight is 372 g/mol. The molecule has 0 bridgehead atoms. The smallest absolute Gasteiger partial charge is 0.310 e. The van der Waals surface area contributed by atoms with Crippen LogP contribution in [0.4, 0.5) is 0 Å². The Labute approximate surface area is 139 Å². The Bertz CT molecular complexity index is 503. The van der Waals surface area contributed by atoms with Gasteiger partial charge in [0.1, 0.15) is 5.75 Å². The van der Waals surface area contributed by atoms with Crippen LogP contribution in [0.2, 0.25) is 0 Å². The fraction of sp³-hybridized carbons (Fsp3) is 0.500. The molecule has 122 valence electrons. The lowest BCUT2D eigenvalue weighted by molar-refractivity contribution is -0.147. The monoisotopic (exact) mass is 371 g/mol. The average Bonchev–Trinajstić information content (AvgIpc) is 2.52. The minimum Gasteiger partial charge on any atom is -0.481 e. The maximum atomic E-state index is 12.4. The van der Waals surface area contributed by atoms with Crippen LogP contribution < -0.4 is 4.74 Å². The van der Waals surface area contributed by atoms with Gasteiger partial charge in [0, 0.05) is 17.6 Å². The fourth-order valence-corrected chi connectivity index (χ4v) is 2.27. The van der Waals surface area contributed by atoms with Crippen molar-refractivity contribution >= 4 is 27.8 Å². The quantitative estimate of drug-likeness (QED) is 0.691. The van der Waals surface area contributed by atoms with E-state index in [0.29, 0.717) is 18.8 Å².